The van der Waals surface area contributed by atoms with E-state index < -0.39 is 11.8 Å². The average Bonchev–Trinajstić information content (AvgIpc) is 2.91. The maximum atomic E-state index is 12.7. The van der Waals surface area contributed by atoms with E-state index >= 15 is 0 Å². The highest BCUT2D eigenvalue weighted by Crippen LogP contribution is 2.16. The lowest BCUT2D eigenvalue weighted by atomic mass is 10.1. The summed E-state index contributed by atoms with van der Waals surface area (Å²) in [5, 5.41) is 24.4. The second kappa shape index (κ2) is 9.74. The number of hydrogen-bond acceptors (Lipinski definition) is 7. The normalized spacial score (nSPS) is 11.4. The highest BCUT2D eigenvalue weighted by Gasteiger charge is 2.13. The molecule has 37 heavy (non-hydrogen) atoms. The van der Waals surface area contributed by atoms with Gasteiger partial charge in [0.25, 0.3) is 11.8 Å². The molecule has 4 N–H and O–H groups in total. The zero-order valence-electron chi connectivity index (χ0n) is 19.7. The number of hydrogen-bond donors (Lipinski definition) is 4. The van der Waals surface area contributed by atoms with Gasteiger partial charge in [-0.2, -0.15) is 5.10 Å². The van der Waals surface area contributed by atoms with Crippen LogP contribution >= 0.6 is 0 Å². The van der Waals surface area contributed by atoms with Crippen molar-refractivity contribution >= 4 is 45.2 Å². The molecule has 0 aliphatic rings. The minimum atomic E-state index is -0.560. The summed E-state index contributed by atoms with van der Waals surface area (Å²) in [6.45, 7) is 1.73. The third-order valence-electron chi connectivity index (χ3n) is 5.73. The molecule has 0 aliphatic heterocycles. The molecule has 9 nitrogen and oxygen atoms in total. The smallest absolute Gasteiger partial charge is 0.276 e. The van der Waals surface area contributed by atoms with Gasteiger partial charge in [0.1, 0.15) is 22.3 Å². The van der Waals surface area contributed by atoms with E-state index in [4.69, 9.17) is 19.7 Å². The number of carbonyl (C=O) groups excluding carboxylic acids is 2. The first-order valence-electron chi connectivity index (χ1n) is 11.3. The van der Waals surface area contributed by atoms with Crippen LogP contribution in [0.15, 0.2) is 98.9 Å². The fraction of sp³-hybridized carbons (Fsp3) is 0.0357. The van der Waals surface area contributed by atoms with E-state index in [0.717, 1.165) is 10.9 Å². The quantitative estimate of drug-likeness (QED) is 0.211. The van der Waals surface area contributed by atoms with Gasteiger partial charge in [0.2, 0.25) is 11.1 Å². The minimum Gasteiger partial charge on any atom is -0.438 e. The molecule has 3 aromatic carbocycles. The zero-order chi connectivity index (χ0) is 25.9. The summed E-state index contributed by atoms with van der Waals surface area (Å²) >= 11 is 0. The van der Waals surface area contributed by atoms with Gasteiger partial charge in [-0.25, -0.2) is 5.43 Å². The standard InChI is InChI=1S/C28H21N5O4/c1-16(32-33-28(35)22-15-19-7-3-5-9-24(19)37-26(22)30)17-10-12-20(13-11-17)31-27(34)21-14-18-6-2-4-8-23(18)36-25(21)29/h2-15,29-30H,1H3,(H,31,34)(H,33,35)/b29-25?,30-26?,32-16+. The van der Waals surface area contributed by atoms with Gasteiger partial charge in [0, 0.05) is 16.5 Å². The molecule has 0 atom stereocenters. The molecule has 9 heteroatoms. The number of benzene rings is 3. The summed E-state index contributed by atoms with van der Waals surface area (Å²) in [6, 6.07) is 24.4. The fourth-order valence-electron chi connectivity index (χ4n) is 3.75. The summed E-state index contributed by atoms with van der Waals surface area (Å²) in [7, 11) is 0. The van der Waals surface area contributed by atoms with Gasteiger partial charge in [0.05, 0.1) is 5.71 Å². The first kappa shape index (κ1) is 23.4. The molecule has 2 amide bonds. The van der Waals surface area contributed by atoms with Crippen molar-refractivity contribution in [3.63, 3.8) is 0 Å². The molecule has 2 heterocycles. The molecule has 0 spiro atoms. The molecule has 5 aromatic rings. The maximum Gasteiger partial charge on any atom is 0.276 e. The number of nitrogens with zero attached hydrogens (tertiary/aromatic N) is 1. The first-order valence-corrected chi connectivity index (χ1v) is 11.3. The number of hydrazone groups is 1. The Hall–Kier alpha value is -5.31. The molecule has 5 rings (SSSR count). The van der Waals surface area contributed by atoms with Gasteiger partial charge >= 0.3 is 0 Å². The molecule has 0 fully saturated rings. The lowest BCUT2D eigenvalue weighted by molar-refractivity contribution is 0.0949. The zero-order valence-corrected chi connectivity index (χ0v) is 19.7. The van der Waals surface area contributed by atoms with Gasteiger partial charge < -0.3 is 14.2 Å². The largest absolute Gasteiger partial charge is 0.438 e. The van der Waals surface area contributed by atoms with Gasteiger partial charge in [-0.3, -0.25) is 20.4 Å². The Morgan fingerprint density at radius 1 is 0.730 bits per heavy atom. The van der Waals surface area contributed by atoms with E-state index in [9.17, 15) is 9.59 Å². The minimum absolute atomic E-state index is 0.0718. The van der Waals surface area contributed by atoms with Gasteiger partial charge in [-0.05, 0) is 48.9 Å². The lowest BCUT2D eigenvalue weighted by Gasteiger charge is -2.08. The van der Waals surface area contributed by atoms with Crippen molar-refractivity contribution in [3.05, 3.63) is 113 Å². The van der Waals surface area contributed by atoms with Crippen LogP contribution in [0.5, 0.6) is 0 Å². The molecular weight excluding hydrogens is 470 g/mol. The SMILES string of the molecule is C/C(=N\NC(=O)c1cc2ccccc2oc1=N)c1ccc(NC(=O)c2cc3ccccc3oc2=N)cc1. The van der Waals surface area contributed by atoms with Crippen molar-refractivity contribution in [1.82, 2.24) is 5.43 Å². The third kappa shape index (κ3) is 4.92. The monoisotopic (exact) mass is 491 g/mol. The molecule has 2 aromatic heterocycles. The Morgan fingerprint density at radius 3 is 1.81 bits per heavy atom. The summed E-state index contributed by atoms with van der Waals surface area (Å²) in [4.78, 5) is 25.3. The van der Waals surface area contributed by atoms with Crippen molar-refractivity contribution in [1.29, 1.82) is 10.8 Å². The predicted molar refractivity (Wildman–Crippen MR) is 138 cm³/mol. The Labute approximate surface area is 210 Å². The van der Waals surface area contributed by atoms with Crippen molar-refractivity contribution in [2.75, 3.05) is 5.32 Å². The van der Waals surface area contributed by atoms with E-state index in [1.54, 1.807) is 73.7 Å². The Bertz CT molecular complexity index is 1820. The van der Waals surface area contributed by atoms with Crippen LogP contribution in [0.4, 0.5) is 5.69 Å². The molecular formula is C28H21N5O4. The van der Waals surface area contributed by atoms with Crippen LogP contribution in [0.1, 0.15) is 33.2 Å². The molecule has 0 radical (unpaired) electrons. The Kier molecular flexibility index (Phi) is 6.17. The summed E-state index contributed by atoms with van der Waals surface area (Å²) < 4.78 is 10.9. The van der Waals surface area contributed by atoms with Crippen LogP contribution in [0.3, 0.4) is 0 Å². The van der Waals surface area contributed by atoms with E-state index in [-0.39, 0.29) is 22.2 Å². The molecule has 0 saturated heterocycles. The predicted octanol–water partition coefficient (Wildman–Crippen LogP) is 4.54. The van der Waals surface area contributed by atoms with Gasteiger partial charge in [-0.15, -0.1) is 0 Å². The maximum absolute atomic E-state index is 12.7. The number of fused-ring (bicyclic) bond motifs is 2. The van der Waals surface area contributed by atoms with Crippen molar-refractivity contribution in [2.24, 2.45) is 5.10 Å². The third-order valence-corrected chi connectivity index (χ3v) is 5.73. The molecule has 0 saturated carbocycles. The van der Waals surface area contributed by atoms with Gasteiger partial charge in [-0.1, -0.05) is 48.5 Å². The fourth-order valence-corrected chi connectivity index (χ4v) is 3.75. The number of rotatable bonds is 5. The van der Waals surface area contributed by atoms with Crippen LogP contribution in [-0.2, 0) is 0 Å². The number of amides is 2. The average molecular weight is 492 g/mol. The van der Waals surface area contributed by atoms with Crippen molar-refractivity contribution < 1.29 is 18.4 Å². The van der Waals surface area contributed by atoms with E-state index in [1.807, 2.05) is 18.2 Å². The number of nitrogens with one attached hydrogen (secondary N) is 4. The molecule has 0 bridgehead atoms. The summed E-state index contributed by atoms with van der Waals surface area (Å²) in [5.41, 5.74) is 5.00. The van der Waals surface area contributed by atoms with Crippen LogP contribution in [0.25, 0.3) is 21.9 Å². The number of anilines is 1. The van der Waals surface area contributed by atoms with Crippen LogP contribution in [0, 0.1) is 10.8 Å². The van der Waals surface area contributed by atoms with Crippen LogP contribution in [0.2, 0.25) is 0 Å². The van der Waals surface area contributed by atoms with Crippen LogP contribution < -0.4 is 21.9 Å². The highest BCUT2D eigenvalue weighted by atomic mass is 16.3. The molecule has 0 aliphatic carbocycles. The molecule has 182 valence electrons. The van der Waals surface area contributed by atoms with Crippen molar-refractivity contribution in [3.8, 4) is 0 Å². The van der Waals surface area contributed by atoms with E-state index in [2.05, 4.69) is 15.8 Å². The Morgan fingerprint density at radius 2 is 1.24 bits per heavy atom. The van der Waals surface area contributed by atoms with E-state index in [1.165, 1.54) is 0 Å². The second-order valence-electron chi connectivity index (χ2n) is 8.22. The van der Waals surface area contributed by atoms with Crippen LogP contribution in [-0.4, -0.2) is 17.5 Å². The second-order valence-corrected chi connectivity index (χ2v) is 8.22. The lowest BCUT2D eigenvalue weighted by Crippen LogP contribution is -2.25. The Balaban J connectivity index is 1.28. The summed E-state index contributed by atoms with van der Waals surface area (Å²) in [6.07, 6.45) is 0. The van der Waals surface area contributed by atoms with E-state index in [0.29, 0.717) is 28.0 Å². The number of carbonyl (C=O) groups is 2. The van der Waals surface area contributed by atoms with Gasteiger partial charge in [0.15, 0.2) is 0 Å². The topological polar surface area (TPSA) is 145 Å². The van der Waals surface area contributed by atoms with Crippen molar-refractivity contribution in [2.45, 2.75) is 6.92 Å². The summed E-state index contributed by atoms with van der Waals surface area (Å²) in [5.74, 6) is -1.02. The molecule has 0 unspecified atom stereocenters. The highest BCUT2D eigenvalue weighted by molar-refractivity contribution is 6.06. The first-order chi connectivity index (χ1) is 17.9. The number of para-hydroxylation sites is 2.